The molecule has 0 spiro atoms. The zero-order chi connectivity index (χ0) is 13.0. The minimum absolute atomic E-state index is 0.0556. The third-order valence-electron chi connectivity index (χ3n) is 2.50. The van der Waals surface area contributed by atoms with Gasteiger partial charge in [-0.05, 0) is 17.2 Å². The predicted molar refractivity (Wildman–Crippen MR) is 73.4 cm³/mol. The summed E-state index contributed by atoms with van der Waals surface area (Å²) in [5.41, 5.74) is 8.23. The minimum atomic E-state index is 0.0556. The van der Waals surface area contributed by atoms with E-state index in [4.69, 9.17) is 22.4 Å². The van der Waals surface area contributed by atoms with Gasteiger partial charge in [0.2, 0.25) is 0 Å². The van der Waals surface area contributed by atoms with E-state index in [9.17, 15) is 0 Å². The molecule has 0 aliphatic heterocycles. The van der Waals surface area contributed by atoms with Crippen LogP contribution in [0.1, 0.15) is 11.1 Å². The van der Waals surface area contributed by atoms with Gasteiger partial charge in [-0.15, -0.1) is 0 Å². The Morgan fingerprint density at radius 2 is 1.83 bits per heavy atom. The van der Waals surface area contributed by atoms with Crippen molar-refractivity contribution in [2.45, 2.75) is 13.2 Å². The molecule has 18 heavy (non-hydrogen) atoms. The van der Waals surface area contributed by atoms with E-state index in [0.717, 1.165) is 11.1 Å². The maximum Gasteiger partial charge on any atom is 0.133 e. The minimum Gasteiger partial charge on any atom is -0.399 e. The topological polar surface area (TPSA) is 71.2 Å². The number of aromatic nitrogens is 1. The van der Waals surface area contributed by atoms with E-state index in [0.29, 0.717) is 23.2 Å². The molecule has 0 saturated heterocycles. The first-order chi connectivity index (χ1) is 8.67. The highest BCUT2D eigenvalue weighted by Crippen LogP contribution is 2.16. The molecule has 94 valence electrons. The second kappa shape index (κ2) is 5.71. The molecular formula is C13H14ClN3O. The molecule has 0 aliphatic carbocycles. The van der Waals surface area contributed by atoms with E-state index in [1.165, 1.54) is 0 Å². The molecule has 5 heteroatoms. The van der Waals surface area contributed by atoms with Crippen LogP contribution in [0.3, 0.4) is 0 Å². The lowest BCUT2D eigenvalue weighted by Gasteiger charge is -2.07. The number of pyridine rings is 1. The van der Waals surface area contributed by atoms with E-state index in [1.54, 1.807) is 12.1 Å². The third-order valence-corrected chi connectivity index (χ3v) is 2.69. The zero-order valence-corrected chi connectivity index (χ0v) is 10.5. The number of anilines is 2. The second-order valence-corrected chi connectivity index (χ2v) is 4.32. The van der Waals surface area contributed by atoms with E-state index in [1.807, 2.05) is 24.3 Å². The fourth-order valence-electron chi connectivity index (χ4n) is 1.56. The van der Waals surface area contributed by atoms with E-state index < -0.39 is 0 Å². The second-order valence-electron chi connectivity index (χ2n) is 3.94. The molecule has 0 amide bonds. The molecule has 0 aliphatic rings. The summed E-state index contributed by atoms with van der Waals surface area (Å²) >= 11 is 5.81. The number of nitrogens with zero attached hydrogens (tertiary/aromatic N) is 1. The molecule has 1 heterocycles. The van der Waals surface area contributed by atoms with Gasteiger partial charge in [-0.25, -0.2) is 4.98 Å². The number of hydrogen-bond donors (Lipinski definition) is 3. The number of nitrogen functional groups attached to an aromatic ring is 1. The molecule has 4 N–H and O–H groups in total. The summed E-state index contributed by atoms with van der Waals surface area (Å²) in [6.45, 7) is 0.679. The fraction of sp³-hybridized carbons (Fsp3) is 0.154. The number of aliphatic hydroxyl groups is 1. The summed E-state index contributed by atoms with van der Waals surface area (Å²) in [4.78, 5) is 4.12. The van der Waals surface area contributed by atoms with Crippen LogP contribution in [-0.2, 0) is 13.2 Å². The Hall–Kier alpha value is -1.78. The van der Waals surface area contributed by atoms with Gasteiger partial charge in [0.1, 0.15) is 11.0 Å². The first kappa shape index (κ1) is 12.7. The van der Waals surface area contributed by atoms with Crippen LogP contribution in [0.2, 0.25) is 5.15 Å². The van der Waals surface area contributed by atoms with Crippen molar-refractivity contribution in [2.24, 2.45) is 0 Å². The number of aliphatic hydroxyl groups excluding tert-OH is 1. The normalized spacial score (nSPS) is 10.3. The molecule has 0 atom stereocenters. The van der Waals surface area contributed by atoms with Crippen molar-refractivity contribution >= 4 is 23.1 Å². The summed E-state index contributed by atoms with van der Waals surface area (Å²) in [7, 11) is 0. The fourth-order valence-corrected chi connectivity index (χ4v) is 1.78. The Labute approximate surface area is 110 Å². The van der Waals surface area contributed by atoms with Gasteiger partial charge in [0.05, 0.1) is 6.61 Å². The lowest BCUT2D eigenvalue weighted by Crippen LogP contribution is -2.02. The molecule has 0 fully saturated rings. The molecule has 2 rings (SSSR count). The van der Waals surface area contributed by atoms with Crippen molar-refractivity contribution < 1.29 is 5.11 Å². The van der Waals surface area contributed by atoms with Gasteiger partial charge < -0.3 is 16.2 Å². The maximum atomic E-state index is 8.94. The summed E-state index contributed by atoms with van der Waals surface area (Å²) in [5, 5.41) is 12.5. The van der Waals surface area contributed by atoms with Crippen molar-refractivity contribution in [1.82, 2.24) is 4.98 Å². The quantitative estimate of drug-likeness (QED) is 0.741. The number of benzene rings is 1. The molecule has 0 radical (unpaired) electrons. The van der Waals surface area contributed by atoms with Crippen molar-refractivity contribution in [3.05, 3.63) is 52.7 Å². The van der Waals surface area contributed by atoms with Crippen LogP contribution in [0.5, 0.6) is 0 Å². The molecule has 0 unspecified atom stereocenters. The highest BCUT2D eigenvalue weighted by molar-refractivity contribution is 6.29. The van der Waals surface area contributed by atoms with Crippen LogP contribution in [0.15, 0.2) is 36.4 Å². The van der Waals surface area contributed by atoms with Crippen molar-refractivity contribution in [3.63, 3.8) is 0 Å². The van der Waals surface area contributed by atoms with Gasteiger partial charge in [0.25, 0.3) is 0 Å². The highest BCUT2D eigenvalue weighted by atomic mass is 35.5. The Morgan fingerprint density at radius 3 is 2.44 bits per heavy atom. The van der Waals surface area contributed by atoms with Crippen molar-refractivity contribution in [1.29, 1.82) is 0 Å². The van der Waals surface area contributed by atoms with Crippen molar-refractivity contribution in [3.8, 4) is 0 Å². The zero-order valence-electron chi connectivity index (χ0n) is 9.73. The number of halogens is 1. The Balaban J connectivity index is 2.01. The van der Waals surface area contributed by atoms with Crippen LogP contribution in [-0.4, -0.2) is 10.1 Å². The standard InChI is InChI=1S/C13H14ClN3O/c14-12-5-11(15)6-13(17-12)16-7-9-1-3-10(8-18)4-2-9/h1-6,18H,7-8H2,(H3,15,16,17). The third kappa shape index (κ3) is 3.35. The summed E-state index contributed by atoms with van der Waals surface area (Å²) in [6.07, 6.45) is 0. The molecular weight excluding hydrogens is 250 g/mol. The van der Waals surface area contributed by atoms with E-state index >= 15 is 0 Å². The average molecular weight is 264 g/mol. The largest absolute Gasteiger partial charge is 0.399 e. The van der Waals surface area contributed by atoms with Gasteiger partial charge in [0.15, 0.2) is 0 Å². The first-order valence-corrected chi connectivity index (χ1v) is 5.91. The molecule has 1 aromatic carbocycles. The van der Waals surface area contributed by atoms with E-state index in [2.05, 4.69) is 10.3 Å². The summed E-state index contributed by atoms with van der Waals surface area (Å²) in [6, 6.07) is 11.0. The maximum absolute atomic E-state index is 8.94. The Bertz CT molecular complexity index is 508. The monoisotopic (exact) mass is 263 g/mol. The molecule has 2 aromatic rings. The molecule has 0 bridgehead atoms. The molecule has 1 aromatic heterocycles. The van der Waals surface area contributed by atoms with Crippen LogP contribution in [0.25, 0.3) is 0 Å². The number of nitrogens with two attached hydrogens (primary N) is 1. The lowest BCUT2D eigenvalue weighted by atomic mass is 10.1. The smallest absolute Gasteiger partial charge is 0.133 e. The van der Waals surface area contributed by atoms with Crippen molar-refractivity contribution in [2.75, 3.05) is 11.1 Å². The van der Waals surface area contributed by atoms with Crippen LogP contribution in [0, 0.1) is 0 Å². The Morgan fingerprint density at radius 1 is 1.17 bits per heavy atom. The number of rotatable bonds is 4. The SMILES string of the molecule is Nc1cc(Cl)nc(NCc2ccc(CO)cc2)c1. The summed E-state index contributed by atoms with van der Waals surface area (Å²) in [5.74, 6) is 0.645. The number of hydrogen-bond acceptors (Lipinski definition) is 4. The van der Waals surface area contributed by atoms with E-state index in [-0.39, 0.29) is 6.61 Å². The first-order valence-electron chi connectivity index (χ1n) is 5.53. The van der Waals surface area contributed by atoms with Crippen LogP contribution < -0.4 is 11.1 Å². The van der Waals surface area contributed by atoms with Gasteiger partial charge >= 0.3 is 0 Å². The molecule has 0 saturated carbocycles. The number of nitrogens with one attached hydrogen (secondary N) is 1. The Kier molecular flexibility index (Phi) is 4.02. The van der Waals surface area contributed by atoms with Gasteiger partial charge in [0, 0.05) is 18.3 Å². The van der Waals surface area contributed by atoms with Gasteiger partial charge in [-0.3, -0.25) is 0 Å². The molecule has 4 nitrogen and oxygen atoms in total. The predicted octanol–water partition coefficient (Wildman–Crippen LogP) is 2.42. The lowest BCUT2D eigenvalue weighted by molar-refractivity contribution is 0.282. The van der Waals surface area contributed by atoms with Crippen LogP contribution in [0.4, 0.5) is 11.5 Å². The van der Waals surface area contributed by atoms with Gasteiger partial charge in [-0.2, -0.15) is 0 Å². The van der Waals surface area contributed by atoms with Gasteiger partial charge in [-0.1, -0.05) is 35.9 Å². The van der Waals surface area contributed by atoms with Crippen LogP contribution >= 0.6 is 11.6 Å². The summed E-state index contributed by atoms with van der Waals surface area (Å²) < 4.78 is 0. The highest BCUT2D eigenvalue weighted by Gasteiger charge is 1.99. The average Bonchev–Trinajstić information content (AvgIpc) is 2.36.